The van der Waals surface area contributed by atoms with Crippen molar-refractivity contribution in [2.24, 2.45) is 0 Å². The molecule has 1 fully saturated rings. The molecule has 1 aromatic carbocycles. The number of anilines is 1. The van der Waals surface area contributed by atoms with E-state index in [0.29, 0.717) is 6.04 Å². The molecule has 1 aliphatic heterocycles. The van der Waals surface area contributed by atoms with Crippen LogP contribution in [-0.2, 0) is 0 Å². The zero-order valence-corrected chi connectivity index (χ0v) is 12.4. The molecule has 0 saturated carbocycles. The van der Waals surface area contributed by atoms with Gasteiger partial charge in [-0.3, -0.25) is 0 Å². The summed E-state index contributed by atoms with van der Waals surface area (Å²) >= 11 is 0. The number of nitrogens with one attached hydrogen (secondary N) is 1. The van der Waals surface area contributed by atoms with Gasteiger partial charge in [0.25, 0.3) is 0 Å². The molecule has 0 radical (unpaired) electrons. The first-order valence-electron chi connectivity index (χ1n) is 7.36. The number of rotatable bonds is 5. The van der Waals surface area contributed by atoms with Gasteiger partial charge in [0.15, 0.2) is 0 Å². The standard InChI is InChI=1S/C16H26N2O/c1-4-9-18-10-7-14(8-11-18)17-15-6-5-13(2)12-16(15)19-3/h5-6,12,14,17H,4,7-11H2,1-3H3. The van der Waals surface area contributed by atoms with Crippen LogP contribution in [0.1, 0.15) is 31.7 Å². The monoisotopic (exact) mass is 262 g/mol. The number of aryl methyl sites for hydroxylation is 1. The van der Waals surface area contributed by atoms with Crippen molar-refractivity contribution in [3.63, 3.8) is 0 Å². The highest BCUT2D eigenvalue weighted by molar-refractivity contribution is 5.58. The molecule has 0 bridgehead atoms. The maximum Gasteiger partial charge on any atom is 0.142 e. The van der Waals surface area contributed by atoms with Crippen LogP contribution in [0.3, 0.4) is 0 Å². The van der Waals surface area contributed by atoms with E-state index in [1.165, 1.54) is 44.5 Å². The fraction of sp³-hybridized carbons (Fsp3) is 0.625. The van der Waals surface area contributed by atoms with Crippen LogP contribution < -0.4 is 10.1 Å². The van der Waals surface area contributed by atoms with Crippen LogP contribution >= 0.6 is 0 Å². The molecule has 3 nitrogen and oxygen atoms in total. The maximum absolute atomic E-state index is 5.45. The first-order chi connectivity index (χ1) is 9.22. The Morgan fingerprint density at radius 3 is 2.68 bits per heavy atom. The summed E-state index contributed by atoms with van der Waals surface area (Å²) in [6, 6.07) is 6.93. The van der Waals surface area contributed by atoms with Crippen LogP contribution in [0.2, 0.25) is 0 Å². The van der Waals surface area contributed by atoms with Crippen molar-refractivity contribution >= 4 is 5.69 Å². The van der Waals surface area contributed by atoms with Crippen LogP contribution in [0, 0.1) is 6.92 Å². The van der Waals surface area contributed by atoms with Crippen LogP contribution in [-0.4, -0.2) is 37.7 Å². The Hall–Kier alpha value is -1.22. The van der Waals surface area contributed by atoms with E-state index >= 15 is 0 Å². The minimum Gasteiger partial charge on any atom is -0.495 e. The average Bonchev–Trinajstić information content (AvgIpc) is 2.43. The molecule has 0 atom stereocenters. The summed E-state index contributed by atoms with van der Waals surface area (Å²) in [6.07, 6.45) is 3.69. The second-order valence-corrected chi connectivity index (χ2v) is 5.46. The first-order valence-corrected chi connectivity index (χ1v) is 7.36. The highest BCUT2D eigenvalue weighted by Gasteiger charge is 2.19. The molecule has 2 rings (SSSR count). The zero-order valence-electron chi connectivity index (χ0n) is 12.4. The normalized spacial score (nSPS) is 17.4. The molecule has 0 unspecified atom stereocenters. The fourth-order valence-corrected chi connectivity index (χ4v) is 2.75. The molecule has 0 spiro atoms. The molecule has 3 heteroatoms. The van der Waals surface area contributed by atoms with E-state index < -0.39 is 0 Å². The van der Waals surface area contributed by atoms with Gasteiger partial charge in [-0.2, -0.15) is 0 Å². The van der Waals surface area contributed by atoms with Crippen LogP contribution in [0.5, 0.6) is 5.75 Å². The fourth-order valence-electron chi connectivity index (χ4n) is 2.75. The highest BCUT2D eigenvalue weighted by atomic mass is 16.5. The molecule has 0 amide bonds. The van der Waals surface area contributed by atoms with Crippen molar-refractivity contribution in [2.45, 2.75) is 39.2 Å². The van der Waals surface area contributed by atoms with E-state index in [0.717, 1.165) is 11.4 Å². The molecular formula is C16H26N2O. The molecule has 1 aliphatic rings. The Labute approximate surface area is 116 Å². The van der Waals surface area contributed by atoms with Gasteiger partial charge in [-0.1, -0.05) is 13.0 Å². The number of hydrogen-bond acceptors (Lipinski definition) is 3. The summed E-state index contributed by atoms with van der Waals surface area (Å²) in [7, 11) is 1.74. The largest absolute Gasteiger partial charge is 0.495 e. The lowest BCUT2D eigenvalue weighted by Gasteiger charge is -2.32. The van der Waals surface area contributed by atoms with Gasteiger partial charge in [0.05, 0.1) is 12.8 Å². The van der Waals surface area contributed by atoms with Crippen molar-refractivity contribution in [3.05, 3.63) is 23.8 Å². The number of methoxy groups -OCH3 is 1. The molecular weight excluding hydrogens is 236 g/mol. The number of benzene rings is 1. The zero-order chi connectivity index (χ0) is 13.7. The van der Waals surface area contributed by atoms with E-state index in [-0.39, 0.29) is 0 Å². The quantitative estimate of drug-likeness (QED) is 0.881. The van der Waals surface area contributed by atoms with Crippen LogP contribution in [0.25, 0.3) is 0 Å². The van der Waals surface area contributed by atoms with Crippen LogP contribution in [0.15, 0.2) is 18.2 Å². The second-order valence-electron chi connectivity index (χ2n) is 5.46. The average molecular weight is 262 g/mol. The third kappa shape index (κ3) is 3.87. The predicted molar refractivity (Wildman–Crippen MR) is 81.1 cm³/mol. The smallest absolute Gasteiger partial charge is 0.142 e. The van der Waals surface area contributed by atoms with Gasteiger partial charge in [0.2, 0.25) is 0 Å². The number of nitrogens with zero attached hydrogens (tertiary/aromatic N) is 1. The molecule has 1 aromatic rings. The maximum atomic E-state index is 5.45. The minimum atomic E-state index is 0.574. The number of piperidine rings is 1. The second kappa shape index (κ2) is 6.80. The summed E-state index contributed by atoms with van der Waals surface area (Å²) < 4.78 is 5.45. The Balaban J connectivity index is 1.92. The van der Waals surface area contributed by atoms with Crippen molar-refractivity contribution in [3.8, 4) is 5.75 Å². The lowest BCUT2D eigenvalue weighted by molar-refractivity contribution is 0.219. The molecule has 1 N–H and O–H groups in total. The van der Waals surface area contributed by atoms with E-state index in [2.05, 4.69) is 42.3 Å². The summed E-state index contributed by atoms with van der Waals surface area (Å²) in [4.78, 5) is 2.56. The summed E-state index contributed by atoms with van der Waals surface area (Å²) in [5.74, 6) is 0.955. The van der Waals surface area contributed by atoms with Gasteiger partial charge in [-0.05, 0) is 50.4 Å². The van der Waals surface area contributed by atoms with Gasteiger partial charge >= 0.3 is 0 Å². The van der Waals surface area contributed by atoms with Gasteiger partial charge in [0, 0.05) is 19.1 Å². The van der Waals surface area contributed by atoms with Gasteiger partial charge in [-0.15, -0.1) is 0 Å². The van der Waals surface area contributed by atoms with E-state index in [1.54, 1.807) is 7.11 Å². The first kappa shape index (κ1) is 14.2. The van der Waals surface area contributed by atoms with E-state index in [1.807, 2.05) is 0 Å². The van der Waals surface area contributed by atoms with E-state index in [4.69, 9.17) is 4.74 Å². The molecule has 106 valence electrons. The van der Waals surface area contributed by atoms with Crippen molar-refractivity contribution in [2.75, 3.05) is 32.1 Å². The lowest BCUT2D eigenvalue weighted by Crippen LogP contribution is -2.39. The molecule has 19 heavy (non-hydrogen) atoms. The topological polar surface area (TPSA) is 24.5 Å². The predicted octanol–water partition coefficient (Wildman–Crippen LogP) is 3.29. The third-order valence-electron chi connectivity index (χ3n) is 3.84. The lowest BCUT2D eigenvalue weighted by atomic mass is 10.0. The summed E-state index contributed by atoms with van der Waals surface area (Å²) in [5.41, 5.74) is 2.36. The molecule has 1 heterocycles. The van der Waals surface area contributed by atoms with Crippen molar-refractivity contribution in [1.29, 1.82) is 0 Å². The molecule has 0 aliphatic carbocycles. The highest BCUT2D eigenvalue weighted by Crippen LogP contribution is 2.27. The van der Waals surface area contributed by atoms with Gasteiger partial charge < -0.3 is 15.0 Å². The van der Waals surface area contributed by atoms with E-state index in [9.17, 15) is 0 Å². The summed E-state index contributed by atoms with van der Waals surface area (Å²) in [5, 5.41) is 3.64. The summed E-state index contributed by atoms with van der Waals surface area (Å²) in [6.45, 7) is 8.00. The van der Waals surface area contributed by atoms with Gasteiger partial charge in [0.1, 0.15) is 5.75 Å². The molecule has 0 aromatic heterocycles. The Morgan fingerprint density at radius 2 is 2.05 bits per heavy atom. The van der Waals surface area contributed by atoms with Crippen molar-refractivity contribution in [1.82, 2.24) is 4.90 Å². The number of hydrogen-bond donors (Lipinski definition) is 1. The Kier molecular flexibility index (Phi) is 5.08. The van der Waals surface area contributed by atoms with Crippen LogP contribution in [0.4, 0.5) is 5.69 Å². The van der Waals surface area contributed by atoms with Gasteiger partial charge in [-0.25, -0.2) is 0 Å². The van der Waals surface area contributed by atoms with Crippen molar-refractivity contribution < 1.29 is 4.74 Å². The minimum absolute atomic E-state index is 0.574. The number of likely N-dealkylation sites (tertiary alicyclic amines) is 1. The third-order valence-corrected chi connectivity index (χ3v) is 3.84. The Bertz CT molecular complexity index is 398. The molecule has 1 saturated heterocycles. The Morgan fingerprint density at radius 1 is 1.32 bits per heavy atom. The number of ether oxygens (including phenoxy) is 1. The SMILES string of the molecule is CCCN1CCC(Nc2ccc(C)cc2OC)CC1.